The van der Waals surface area contributed by atoms with Gasteiger partial charge in [0.2, 0.25) is 5.91 Å². The van der Waals surface area contributed by atoms with E-state index in [9.17, 15) is 9.59 Å². The Balaban J connectivity index is 1.51. The van der Waals surface area contributed by atoms with E-state index in [0.29, 0.717) is 32.0 Å². The normalized spacial score (nSPS) is 19.1. The molecular formula is C27H33NO5. The molecule has 1 saturated carbocycles. The smallest absolute Gasteiger partial charge is 0.335 e. The van der Waals surface area contributed by atoms with Gasteiger partial charge in [-0.15, -0.1) is 0 Å². The van der Waals surface area contributed by atoms with Crippen molar-refractivity contribution < 1.29 is 24.2 Å². The molecule has 0 spiro atoms. The van der Waals surface area contributed by atoms with Crippen LogP contribution < -0.4 is 10.1 Å². The first kappa shape index (κ1) is 23.3. The number of aromatic carboxylic acids is 1. The minimum Gasteiger partial charge on any atom is -0.493 e. The van der Waals surface area contributed by atoms with Crippen LogP contribution >= 0.6 is 0 Å². The van der Waals surface area contributed by atoms with Gasteiger partial charge in [-0.3, -0.25) is 4.79 Å². The molecule has 2 aliphatic rings. The molecule has 1 atom stereocenters. The number of carbonyl (C=O) groups is 2. The summed E-state index contributed by atoms with van der Waals surface area (Å²) in [5, 5.41) is 12.3. The lowest BCUT2D eigenvalue weighted by atomic mass is 9.73. The lowest BCUT2D eigenvalue weighted by Crippen LogP contribution is -2.48. The molecule has 6 heteroatoms. The Morgan fingerprint density at radius 1 is 1.12 bits per heavy atom. The van der Waals surface area contributed by atoms with Crippen LogP contribution in [0, 0.1) is 5.92 Å². The molecule has 0 unspecified atom stereocenters. The van der Waals surface area contributed by atoms with Crippen LogP contribution in [0.1, 0.15) is 73.0 Å². The molecule has 1 aliphatic carbocycles. The van der Waals surface area contributed by atoms with E-state index in [0.717, 1.165) is 23.5 Å². The van der Waals surface area contributed by atoms with Crippen LogP contribution in [-0.2, 0) is 14.9 Å². The average Bonchev–Trinajstić information content (AvgIpc) is 3.37. The fraction of sp³-hybridized carbons (Fsp3) is 0.481. The summed E-state index contributed by atoms with van der Waals surface area (Å²) in [6.45, 7) is 3.71. The lowest BCUT2D eigenvalue weighted by Gasteiger charge is -2.37. The molecule has 1 heterocycles. The van der Waals surface area contributed by atoms with Gasteiger partial charge in [-0.05, 0) is 73.9 Å². The second kappa shape index (κ2) is 10.4. The van der Waals surface area contributed by atoms with Crippen molar-refractivity contribution in [2.45, 2.75) is 56.9 Å². The van der Waals surface area contributed by atoms with Crippen LogP contribution in [0.25, 0.3) is 0 Å². The Bertz CT molecular complexity index is 959. The van der Waals surface area contributed by atoms with Crippen molar-refractivity contribution in [1.29, 1.82) is 0 Å². The Labute approximate surface area is 195 Å². The second-order valence-electron chi connectivity index (χ2n) is 9.31. The summed E-state index contributed by atoms with van der Waals surface area (Å²) in [6.07, 6.45) is 6.25. The Hall–Kier alpha value is -2.86. The van der Waals surface area contributed by atoms with Gasteiger partial charge in [-0.1, -0.05) is 37.1 Å². The fourth-order valence-electron chi connectivity index (χ4n) is 4.97. The van der Waals surface area contributed by atoms with Gasteiger partial charge in [0.1, 0.15) is 5.75 Å². The van der Waals surface area contributed by atoms with Crippen LogP contribution in [0.15, 0.2) is 48.5 Å². The molecule has 2 aromatic carbocycles. The van der Waals surface area contributed by atoms with Gasteiger partial charge >= 0.3 is 5.97 Å². The van der Waals surface area contributed by atoms with Gasteiger partial charge in [-0.2, -0.15) is 0 Å². The molecule has 0 radical (unpaired) electrons. The zero-order valence-electron chi connectivity index (χ0n) is 19.2. The van der Waals surface area contributed by atoms with Gasteiger partial charge in [-0.25, -0.2) is 4.79 Å². The molecule has 2 aromatic rings. The minimum atomic E-state index is -0.963. The predicted octanol–water partition coefficient (Wildman–Crippen LogP) is 4.88. The molecule has 2 fully saturated rings. The van der Waals surface area contributed by atoms with Crippen LogP contribution in [0.5, 0.6) is 5.75 Å². The maximum absolute atomic E-state index is 13.7. The summed E-state index contributed by atoms with van der Waals surface area (Å²) in [5.41, 5.74) is 1.37. The zero-order chi connectivity index (χ0) is 23.3. The first-order valence-corrected chi connectivity index (χ1v) is 11.9. The number of carboxylic acids is 1. The number of carbonyl (C=O) groups excluding carboxylic acids is 1. The molecule has 1 saturated heterocycles. The van der Waals surface area contributed by atoms with Crippen molar-refractivity contribution in [1.82, 2.24) is 5.32 Å². The second-order valence-corrected chi connectivity index (χ2v) is 9.31. The number of amides is 1. The van der Waals surface area contributed by atoms with E-state index in [-0.39, 0.29) is 17.5 Å². The number of benzene rings is 2. The zero-order valence-corrected chi connectivity index (χ0v) is 19.2. The SMILES string of the molecule is C[C@H](NC(=O)C1(c2cccc(OCC3CCCC3)c2)CCOCC1)c1ccc(C(=O)O)cc1. The lowest BCUT2D eigenvalue weighted by molar-refractivity contribution is -0.131. The van der Waals surface area contributed by atoms with E-state index < -0.39 is 11.4 Å². The molecule has 6 nitrogen and oxygen atoms in total. The predicted molar refractivity (Wildman–Crippen MR) is 126 cm³/mol. The Morgan fingerprint density at radius 2 is 1.82 bits per heavy atom. The van der Waals surface area contributed by atoms with Gasteiger partial charge in [0.15, 0.2) is 0 Å². The number of hydrogen-bond acceptors (Lipinski definition) is 4. The highest BCUT2D eigenvalue weighted by Crippen LogP contribution is 2.37. The molecule has 0 aromatic heterocycles. The highest BCUT2D eigenvalue weighted by molar-refractivity contribution is 5.89. The summed E-state index contributed by atoms with van der Waals surface area (Å²) >= 11 is 0. The van der Waals surface area contributed by atoms with Gasteiger partial charge in [0.05, 0.1) is 23.6 Å². The van der Waals surface area contributed by atoms with E-state index in [2.05, 4.69) is 5.32 Å². The third-order valence-electron chi connectivity index (χ3n) is 7.13. The van der Waals surface area contributed by atoms with Crippen LogP contribution in [0.2, 0.25) is 0 Å². The highest BCUT2D eigenvalue weighted by Gasteiger charge is 2.42. The van der Waals surface area contributed by atoms with Crippen molar-refractivity contribution in [2.75, 3.05) is 19.8 Å². The molecule has 1 aliphatic heterocycles. The van der Waals surface area contributed by atoms with E-state index in [1.165, 1.54) is 25.7 Å². The summed E-state index contributed by atoms with van der Waals surface area (Å²) in [7, 11) is 0. The molecule has 2 N–H and O–H groups in total. The average molecular weight is 452 g/mol. The number of hydrogen-bond donors (Lipinski definition) is 2. The van der Waals surface area contributed by atoms with E-state index in [1.54, 1.807) is 24.3 Å². The van der Waals surface area contributed by atoms with Crippen molar-refractivity contribution in [2.24, 2.45) is 5.92 Å². The van der Waals surface area contributed by atoms with E-state index >= 15 is 0 Å². The highest BCUT2D eigenvalue weighted by atomic mass is 16.5. The largest absolute Gasteiger partial charge is 0.493 e. The molecule has 33 heavy (non-hydrogen) atoms. The van der Waals surface area contributed by atoms with E-state index in [1.807, 2.05) is 31.2 Å². The van der Waals surface area contributed by atoms with Crippen LogP contribution in [0.3, 0.4) is 0 Å². The summed E-state index contributed by atoms with van der Waals surface area (Å²) in [6, 6.07) is 14.4. The standard InChI is InChI=1S/C27H33NO5/c1-19(21-9-11-22(12-10-21)25(29)30)28-26(31)27(13-15-32-16-14-27)23-7-4-8-24(17-23)33-18-20-5-2-3-6-20/h4,7-12,17,19-20H,2-3,5-6,13-16,18H2,1H3,(H,28,31)(H,29,30)/t19-/m0/s1. The Kier molecular flexibility index (Phi) is 7.33. The fourth-order valence-corrected chi connectivity index (χ4v) is 4.97. The summed E-state index contributed by atoms with van der Waals surface area (Å²) in [5.74, 6) is 0.445. The van der Waals surface area contributed by atoms with Gasteiger partial charge in [0.25, 0.3) is 0 Å². The van der Waals surface area contributed by atoms with Gasteiger partial charge in [0, 0.05) is 13.2 Å². The maximum atomic E-state index is 13.7. The minimum absolute atomic E-state index is 0.0337. The first-order chi connectivity index (χ1) is 16.0. The third-order valence-corrected chi connectivity index (χ3v) is 7.13. The van der Waals surface area contributed by atoms with Crippen molar-refractivity contribution in [3.05, 3.63) is 65.2 Å². The number of rotatable bonds is 8. The molecule has 1 amide bonds. The van der Waals surface area contributed by atoms with Crippen molar-refractivity contribution in [3.63, 3.8) is 0 Å². The third kappa shape index (κ3) is 5.38. The van der Waals surface area contributed by atoms with Crippen LogP contribution in [-0.4, -0.2) is 36.8 Å². The van der Waals surface area contributed by atoms with E-state index in [4.69, 9.17) is 14.6 Å². The Morgan fingerprint density at radius 3 is 2.48 bits per heavy atom. The molecule has 4 rings (SSSR count). The summed E-state index contributed by atoms with van der Waals surface area (Å²) in [4.78, 5) is 24.8. The maximum Gasteiger partial charge on any atom is 0.335 e. The molecule has 176 valence electrons. The number of ether oxygens (including phenoxy) is 2. The summed E-state index contributed by atoms with van der Waals surface area (Å²) < 4.78 is 11.7. The van der Waals surface area contributed by atoms with Crippen molar-refractivity contribution in [3.8, 4) is 5.75 Å². The van der Waals surface area contributed by atoms with Crippen LogP contribution in [0.4, 0.5) is 0 Å². The van der Waals surface area contributed by atoms with Crippen molar-refractivity contribution >= 4 is 11.9 Å². The van der Waals surface area contributed by atoms with Gasteiger partial charge < -0.3 is 19.9 Å². The quantitative estimate of drug-likeness (QED) is 0.598. The number of nitrogens with one attached hydrogen (secondary N) is 1. The molecule has 0 bridgehead atoms. The number of carboxylic acid groups (broad SMARTS) is 1. The molecular weight excluding hydrogens is 418 g/mol. The topological polar surface area (TPSA) is 84.9 Å². The first-order valence-electron chi connectivity index (χ1n) is 11.9. The monoisotopic (exact) mass is 451 g/mol.